The first-order valence-electron chi connectivity index (χ1n) is 4.46. The Morgan fingerprint density at radius 1 is 1.57 bits per heavy atom. The minimum Gasteiger partial charge on any atom is -0.324 e. The normalized spacial score (nSPS) is 12.5. The highest BCUT2D eigenvalue weighted by Gasteiger charge is 2.09. The van der Waals surface area contributed by atoms with E-state index in [0.717, 1.165) is 23.4 Å². The van der Waals surface area contributed by atoms with Crippen LogP contribution in [-0.4, -0.2) is 0 Å². The summed E-state index contributed by atoms with van der Waals surface area (Å²) in [6.45, 7) is 3.68. The summed E-state index contributed by atoms with van der Waals surface area (Å²) in [5, 5.41) is 0.745. The molecular weight excluding hydrogens is 308 g/mol. The van der Waals surface area contributed by atoms with E-state index in [2.05, 4.69) is 29.2 Å². The molecule has 0 fully saturated rings. The van der Waals surface area contributed by atoms with E-state index in [1.54, 1.807) is 0 Å². The molecule has 1 aromatic rings. The standard InChI is InChI=1S/C11H13ClIN/c1-2-3-4-11(14)9-7-8(12)5-6-10(9)13/h2,5-7,11H,1,3-4,14H2. The van der Waals surface area contributed by atoms with Crippen molar-refractivity contribution < 1.29 is 0 Å². The Hall–Kier alpha value is -0.0600. The maximum absolute atomic E-state index is 6.04. The van der Waals surface area contributed by atoms with Gasteiger partial charge in [0.25, 0.3) is 0 Å². The zero-order valence-corrected chi connectivity index (χ0v) is 10.8. The number of allylic oxidation sites excluding steroid dienone is 1. The summed E-state index contributed by atoms with van der Waals surface area (Å²) in [6.07, 6.45) is 3.74. The number of nitrogens with two attached hydrogens (primary N) is 1. The number of benzene rings is 1. The lowest BCUT2D eigenvalue weighted by Gasteiger charge is -2.13. The Morgan fingerprint density at radius 3 is 2.93 bits per heavy atom. The molecule has 0 aliphatic rings. The predicted molar refractivity (Wildman–Crippen MR) is 70.5 cm³/mol. The molecule has 0 aliphatic heterocycles. The Bertz CT molecular complexity index is 325. The van der Waals surface area contributed by atoms with Crippen LogP contribution in [0.15, 0.2) is 30.9 Å². The monoisotopic (exact) mass is 321 g/mol. The van der Waals surface area contributed by atoms with Crippen LogP contribution in [0.2, 0.25) is 5.02 Å². The summed E-state index contributed by atoms with van der Waals surface area (Å²) in [5.41, 5.74) is 7.16. The minimum absolute atomic E-state index is 0.0543. The van der Waals surface area contributed by atoms with Crippen LogP contribution >= 0.6 is 34.2 Å². The molecule has 0 amide bonds. The summed E-state index contributed by atoms with van der Waals surface area (Å²) >= 11 is 8.20. The molecule has 0 spiro atoms. The fourth-order valence-electron chi connectivity index (χ4n) is 1.25. The van der Waals surface area contributed by atoms with Crippen LogP contribution in [0.25, 0.3) is 0 Å². The molecule has 0 radical (unpaired) electrons. The van der Waals surface area contributed by atoms with Gasteiger partial charge in [0.1, 0.15) is 0 Å². The van der Waals surface area contributed by atoms with Crippen LogP contribution in [-0.2, 0) is 0 Å². The van der Waals surface area contributed by atoms with Gasteiger partial charge in [0.05, 0.1) is 0 Å². The molecule has 0 aromatic heterocycles. The number of hydrogen-bond acceptors (Lipinski definition) is 1. The summed E-state index contributed by atoms with van der Waals surface area (Å²) in [4.78, 5) is 0. The first kappa shape index (κ1) is 12.0. The molecular formula is C11H13ClIN. The van der Waals surface area contributed by atoms with Crippen molar-refractivity contribution in [2.45, 2.75) is 18.9 Å². The Morgan fingerprint density at radius 2 is 2.29 bits per heavy atom. The van der Waals surface area contributed by atoms with E-state index in [4.69, 9.17) is 17.3 Å². The van der Waals surface area contributed by atoms with Crippen molar-refractivity contribution in [1.29, 1.82) is 0 Å². The van der Waals surface area contributed by atoms with Crippen LogP contribution in [0, 0.1) is 3.57 Å². The molecule has 1 aromatic carbocycles. The lowest BCUT2D eigenvalue weighted by atomic mass is 10.0. The van der Waals surface area contributed by atoms with Crippen LogP contribution in [0.1, 0.15) is 24.4 Å². The first-order valence-corrected chi connectivity index (χ1v) is 5.92. The highest BCUT2D eigenvalue weighted by molar-refractivity contribution is 14.1. The van der Waals surface area contributed by atoms with Crippen molar-refractivity contribution in [1.82, 2.24) is 0 Å². The van der Waals surface area contributed by atoms with Crippen molar-refractivity contribution in [3.8, 4) is 0 Å². The number of hydrogen-bond donors (Lipinski definition) is 1. The van der Waals surface area contributed by atoms with Crippen molar-refractivity contribution in [2.75, 3.05) is 0 Å². The third-order valence-corrected chi connectivity index (χ3v) is 3.26. The van der Waals surface area contributed by atoms with Crippen LogP contribution in [0.4, 0.5) is 0 Å². The molecule has 1 rings (SSSR count). The molecule has 0 aliphatic carbocycles. The van der Waals surface area contributed by atoms with Gasteiger partial charge in [-0.2, -0.15) is 0 Å². The SMILES string of the molecule is C=CCCC(N)c1cc(Cl)ccc1I. The second-order valence-corrected chi connectivity index (χ2v) is 4.74. The molecule has 76 valence electrons. The van der Waals surface area contributed by atoms with E-state index in [-0.39, 0.29) is 6.04 Å². The van der Waals surface area contributed by atoms with E-state index in [1.165, 1.54) is 3.57 Å². The minimum atomic E-state index is 0.0543. The van der Waals surface area contributed by atoms with Crippen LogP contribution in [0.5, 0.6) is 0 Å². The molecule has 0 saturated carbocycles. The maximum Gasteiger partial charge on any atom is 0.0410 e. The lowest BCUT2D eigenvalue weighted by Crippen LogP contribution is -2.11. The molecule has 0 saturated heterocycles. The van der Waals surface area contributed by atoms with Gasteiger partial charge < -0.3 is 5.73 Å². The lowest BCUT2D eigenvalue weighted by molar-refractivity contribution is 0.658. The summed E-state index contributed by atoms with van der Waals surface area (Å²) < 4.78 is 1.17. The fourth-order valence-corrected chi connectivity index (χ4v) is 2.17. The van der Waals surface area contributed by atoms with Gasteiger partial charge in [0.2, 0.25) is 0 Å². The highest BCUT2D eigenvalue weighted by atomic mass is 127. The van der Waals surface area contributed by atoms with Gasteiger partial charge in [-0.3, -0.25) is 0 Å². The largest absolute Gasteiger partial charge is 0.324 e. The van der Waals surface area contributed by atoms with Crippen molar-refractivity contribution in [2.24, 2.45) is 5.73 Å². The number of halogens is 2. The molecule has 1 unspecified atom stereocenters. The van der Waals surface area contributed by atoms with Gasteiger partial charge >= 0.3 is 0 Å². The van der Waals surface area contributed by atoms with Gasteiger partial charge in [-0.1, -0.05) is 17.7 Å². The van der Waals surface area contributed by atoms with Crippen LogP contribution < -0.4 is 5.73 Å². The number of rotatable bonds is 4. The van der Waals surface area contributed by atoms with Crippen molar-refractivity contribution >= 4 is 34.2 Å². The third kappa shape index (κ3) is 3.26. The summed E-state index contributed by atoms with van der Waals surface area (Å²) in [6, 6.07) is 5.87. The second kappa shape index (κ2) is 5.73. The van der Waals surface area contributed by atoms with E-state index in [1.807, 2.05) is 24.3 Å². The van der Waals surface area contributed by atoms with Crippen molar-refractivity contribution in [3.63, 3.8) is 0 Å². The summed E-state index contributed by atoms with van der Waals surface area (Å²) in [7, 11) is 0. The smallest absolute Gasteiger partial charge is 0.0410 e. The fraction of sp³-hybridized carbons (Fsp3) is 0.273. The maximum atomic E-state index is 6.04. The highest BCUT2D eigenvalue weighted by Crippen LogP contribution is 2.25. The van der Waals surface area contributed by atoms with Gasteiger partial charge in [0.15, 0.2) is 0 Å². The van der Waals surface area contributed by atoms with Crippen molar-refractivity contribution in [3.05, 3.63) is 45.0 Å². The molecule has 3 heteroatoms. The quantitative estimate of drug-likeness (QED) is 0.660. The molecule has 1 nitrogen and oxygen atoms in total. The van der Waals surface area contributed by atoms with Gasteiger partial charge in [-0.05, 0) is 59.2 Å². The second-order valence-electron chi connectivity index (χ2n) is 3.14. The van der Waals surface area contributed by atoms with Gasteiger partial charge in [-0.15, -0.1) is 6.58 Å². The molecule has 14 heavy (non-hydrogen) atoms. The zero-order chi connectivity index (χ0) is 10.6. The molecule has 0 heterocycles. The van der Waals surface area contributed by atoms with E-state index in [9.17, 15) is 0 Å². The molecule has 2 N–H and O–H groups in total. The van der Waals surface area contributed by atoms with Gasteiger partial charge in [0, 0.05) is 14.6 Å². The van der Waals surface area contributed by atoms with E-state index in [0.29, 0.717) is 0 Å². The predicted octanol–water partition coefficient (Wildman–Crippen LogP) is 3.91. The Kier molecular flexibility index (Phi) is 4.92. The Labute approximate surface area is 103 Å². The first-order chi connectivity index (χ1) is 6.65. The Balaban J connectivity index is 2.82. The average molecular weight is 322 g/mol. The van der Waals surface area contributed by atoms with E-state index >= 15 is 0 Å². The van der Waals surface area contributed by atoms with Gasteiger partial charge in [-0.25, -0.2) is 0 Å². The third-order valence-electron chi connectivity index (χ3n) is 2.04. The topological polar surface area (TPSA) is 26.0 Å². The summed E-state index contributed by atoms with van der Waals surface area (Å²) in [5.74, 6) is 0. The molecule has 1 atom stereocenters. The zero-order valence-electron chi connectivity index (χ0n) is 7.84. The van der Waals surface area contributed by atoms with E-state index < -0.39 is 0 Å². The molecule has 0 bridgehead atoms. The van der Waals surface area contributed by atoms with Crippen LogP contribution in [0.3, 0.4) is 0 Å². The average Bonchev–Trinajstić information content (AvgIpc) is 2.18.